The zero-order valence-corrected chi connectivity index (χ0v) is 17.4. The quantitative estimate of drug-likeness (QED) is 0.809. The van der Waals surface area contributed by atoms with Crippen LogP contribution in [0, 0.1) is 13.8 Å². The molecular formula is C21H25ClN6O. The van der Waals surface area contributed by atoms with Gasteiger partial charge in [0, 0.05) is 29.5 Å². The molecule has 2 heterocycles. The fourth-order valence-corrected chi connectivity index (χ4v) is 3.82. The summed E-state index contributed by atoms with van der Waals surface area (Å²) >= 11 is 6.18. The molecule has 0 bridgehead atoms. The lowest BCUT2D eigenvalue weighted by Crippen LogP contribution is -2.57. The molecule has 1 fully saturated rings. The van der Waals surface area contributed by atoms with Gasteiger partial charge < -0.3 is 20.7 Å². The molecule has 0 saturated carbocycles. The summed E-state index contributed by atoms with van der Waals surface area (Å²) in [5.74, 6) is 1.01. The highest BCUT2D eigenvalue weighted by atomic mass is 35.5. The van der Waals surface area contributed by atoms with Crippen molar-refractivity contribution < 1.29 is 4.74 Å². The van der Waals surface area contributed by atoms with Crippen LogP contribution in [0.4, 0.5) is 11.4 Å². The Balaban J connectivity index is 1.76. The topological polar surface area (TPSA) is 78.5 Å². The summed E-state index contributed by atoms with van der Waals surface area (Å²) in [6, 6.07) is 14.0. The highest BCUT2D eigenvalue weighted by molar-refractivity contribution is 6.30. The molecule has 2 aliphatic heterocycles. The number of benzene rings is 2. The van der Waals surface area contributed by atoms with Gasteiger partial charge in [-0.1, -0.05) is 23.7 Å². The van der Waals surface area contributed by atoms with Crippen molar-refractivity contribution in [3.63, 3.8) is 0 Å². The van der Waals surface area contributed by atoms with Gasteiger partial charge in [0.05, 0.1) is 13.2 Å². The van der Waals surface area contributed by atoms with Crippen molar-refractivity contribution >= 4 is 34.9 Å². The lowest BCUT2D eigenvalue weighted by atomic mass is 10.1. The largest absolute Gasteiger partial charge is 0.378 e. The third-order valence-corrected chi connectivity index (χ3v) is 5.06. The second kappa shape index (κ2) is 8.31. The summed E-state index contributed by atoms with van der Waals surface area (Å²) in [5.41, 5.74) is 10.3. The normalized spacial score (nSPS) is 19.6. The van der Waals surface area contributed by atoms with Gasteiger partial charge in [0.15, 0.2) is 0 Å². The van der Waals surface area contributed by atoms with Crippen LogP contribution in [0.5, 0.6) is 0 Å². The van der Waals surface area contributed by atoms with E-state index in [2.05, 4.69) is 57.1 Å². The number of anilines is 2. The van der Waals surface area contributed by atoms with Crippen molar-refractivity contribution in [2.24, 2.45) is 15.7 Å². The molecule has 1 saturated heterocycles. The minimum Gasteiger partial charge on any atom is -0.378 e. The van der Waals surface area contributed by atoms with Crippen LogP contribution in [-0.2, 0) is 4.74 Å². The number of nitrogens with one attached hydrogen (secondary N) is 1. The van der Waals surface area contributed by atoms with E-state index >= 15 is 0 Å². The first-order valence-electron chi connectivity index (χ1n) is 9.64. The molecule has 4 rings (SSSR count). The molecule has 2 aromatic rings. The highest BCUT2D eigenvalue weighted by Gasteiger charge is 2.32. The number of aryl methyl sites for hydroxylation is 2. The molecule has 152 valence electrons. The van der Waals surface area contributed by atoms with E-state index in [1.807, 2.05) is 24.3 Å². The molecule has 1 unspecified atom stereocenters. The molecule has 0 amide bonds. The third-order valence-electron chi connectivity index (χ3n) is 4.83. The molecule has 2 aromatic carbocycles. The average molecular weight is 413 g/mol. The van der Waals surface area contributed by atoms with Crippen molar-refractivity contribution in [2.45, 2.75) is 20.1 Å². The summed E-state index contributed by atoms with van der Waals surface area (Å²) in [6.07, 6.45) is -0.454. The smallest absolute Gasteiger partial charge is 0.222 e. The van der Waals surface area contributed by atoms with Gasteiger partial charge in [-0.2, -0.15) is 4.99 Å². The third kappa shape index (κ3) is 4.46. The van der Waals surface area contributed by atoms with Crippen molar-refractivity contribution in [1.82, 2.24) is 4.90 Å². The molecule has 7 nitrogen and oxygen atoms in total. The van der Waals surface area contributed by atoms with Crippen LogP contribution >= 0.6 is 11.6 Å². The number of guanidine groups is 2. The van der Waals surface area contributed by atoms with Gasteiger partial charge in [-0.15, -0.1) is 0 Å². The fourth-order valence-electron chi connectivity index (χ4n) is 3.63. The zero-order chi connectivity index (χ0) is 20.4. The summed E-state index contributed by atoms with van der Waals surface area (Å²) in [4.78, 5) is 13.5. The van der Waals surface area contributed by atoms with Crippen LogP contribution in [0.1, 0.15) is 11.1 Å². The Morgan fingerprint density at radius 3 is 2.52 bits per heavy atom. The monoisotopic (exact) mass is 412 g/mol. The van der Waals surface area contributed by atoms with E-state index in [0.717, 1.165) is 30.4 Å². The molecule has 2 aliphatic rings. The van der Waals surface area contributed by atoms with Gasteiger partial charge in [0.2, 0.25) is 18.2 Å². The predicted molar refractivity (Wildman–Crippen MR) is 119 cm³/mol. The lowest BCUT2D eigenvalue weighted by Gasteiger charge is -2.41. The summed E-state index contributed by atoms with van der Waals surface area (Å²) < 4.78 is 5.53. The summed E-state index contributed by atoms with van der Waals surface area (Å²) in [6.45, 7) is 6.98. The Labute approximate surface area is 175 Å². The second-order valence-electron chi connectivity index (χ2n) is 7.24. The minimum atomic E-state index is -0.454. The molecule has 0 aromatic heterocycles. The first-order valence-corrected chi connectivity index (χ1v) is 10.0. The Hall–Kier alpha value is -2.77. The number of hydrogen-bond acceptors (Lipinski definition) is 7. The number of hydrogen-bond donors (Lipinski definition) is 2. The van der Waals surface area contributed by atoms with E-state index in [1.54, 1.807) is 0 Å². The number of morpholine rings is 1. The Kier molecular flexibility index (Phi) is 5.60. The van der Waals surface area contributed by atoms with E-state index in [-0.39, 0.29) is 5.96 Å². The van der Waals surface area contributed by atoms with Crippen molar-refractivity contribution in [2.75, 3.05) is 36.5 Å². The average Bonchev–Trinajstić information content (AvgIpc) is 2.67. The summed E-state index contributed by atoms with van der Waals surface area (Å²) in [5, 5.41) is 4.10. The zero-order valence-electron chi connectivity index (χ0n) is 16.6. The maximum absolute atomic E-state index is 6.18. The molecule has 0 radical (unpaired) electrons. The first kappa shape index (κ1) is 19.5. The van der Waals surface area contributed by atoms with Gasteiger partial charge in [0.25, 0.3) is 0 Å². The van der Waals surface area contributed by atoms with Crippen LogP contribution in [0.25, 0.3) is 0 Å². The minimum absolute atomic E-state index is 0.242. The van der Waals surface area contributed by atoms with Gasteiger partial charge in [-0.05, 0) is 55.3 Å². The lowest BCUT2D eigenvalue weighted by molar-refractivity contribution is 0.0671. The molecule has 29 heavy (non-hydrogen) atoms. The van der Waals surface area contributed by atoms with Crippen LogP contribution in [0.2, 0.25) is 5.02 Å². The maximum atomic E-state index is 6.18. The maximum Gasteiger partial charge on any atom is 0.222 e. The molecule has 1 atom stereocenters. The van der Waals surface area contributed by atoms with E-state index in [1.165, 1.54) is 11.1 Å². The van der Waals surface area contributed by atoms with Gasteiger partial charge in [0.1, 0.15) is 0 Å². The van der Waals surface area contributed by atoms with E-state index < -0.39 is 6.29 Å². The van der Waals surface area contributed by atoms with Crippen LogP contribution in [0.3, 0.4) is 0 Å². The van der Waals surface area contributed by atoms with E-state index in [4.69, 9.17) is 22.1 Å². The number of rotatable bonds is 3. The Morgan fingerprint density at radius 1 is 1.10 bits per heavy atom. The van der Waals surface area contributed by atoms with E-state index in [9.17, 15) is 0 Å². The number of ether oxygens (including phenoxy) is 1. The number of halogens is 1. The SMILES string of the molecule is Cc1cc(C)cc(N2C(N3CCOCC3)=NC(N)=NC2Nc2cccc(Cl)c2)c1. The number of nitrogens with zero attached hydrogens (tertiary/aromatic N) is 4. The van der Waals surface area contributed by atoms with Gasteiger partial charge in [-0.25, -0.2) is 4.99 Å². The Bertz CT molecular complexity index is 934. The standard InChI is InChI=1S/C21H25ClN6O/c1-14-10-15(2)12-18(11-14)28-20(24-17-5-3-4-16(22)13-17)25-19(23)26-21(28)27-6-8-29-9-7-27/h3-5,10-13,20,24H,6-9H2,1-2H3,(H2,23,25). The molecule has 3 N–H and O–H groups in total. The van der Waals surface area contributed by atoms with Crippen molar-refractivity contribution in [1.29, 1.82) is 0 Å². The summed E-state index contributed by atoms with van der Waals surface area (Å²) in [7, 11) is 0. The van der Waals surface area contributed by atoms with Crippen LogP contribution in [0.15, 0.2) is 52.4 Å². The number of nitrogens with two attached hydrogens (primary N) is 1. The van der Waals surface area contributed by atoms with Crippen LogP contribution < -0.4 is 16.0 Å². The van der Waals surface area contributed by atoms with Crippen LogP contribution in [-0.4, -0.2) is 49.4 Å². The fraction of sp³-hybridized carbons (Fsp3) is 0.333. The molecule has 0 aliphatic carbocycles. The van der Waals surface area contributed by atoms with E-state index in [0.29, 0.717) is 18.2 Å². The second-order valence-corrected chi connectivity index (χ2v) is 7.68. The molecule has 0 spiro atoms. The number of aliphatic imine (C=N–C) groups is 2. The van der Waals surface area contributed by atoms with Gasteiger partial charge in [-0.3, -0.25) is 4.90 Å². The first-order chi connectivity index (χ1) is 14.0. The highest BCUT2D eigenvalue weighted by Crippen LogP contribution is 2.27. The van der Waals surface area contributed by atoms with Crippen molar-refractivity contribution in [3.8, 4) is 0 Å². The van der Waals surface area contributed by atoms with Gasteiger partial charge >= 0.3 is 0 Å². The van der Waals surface area contributed by atoms with Crippen molar-refractivity contribution in [3.05, 3.63) is 58.6 Å². The molecular weight excluding hydrogens is 388 g/mol. The molecule has 8 heteroatoms. The Morgan fingerprint density at radius 2 is 1.83 bits per heavy atom. The predicted octanol–water partition coefficient (Wildman–Crippen LogP) is 3.18.